The zero-order valence-corrected chi connectivity index (χ0v) is 16.5. The molecule has 1 saturated heterocycles. The molecule has 1 aromatic heterocycles. The molecule has 27 heavy (non-hydrogen) atoms. The molecule has 0 spiro atoms. The first-order valence-corrected chi connectivity index (χ1v) is 11.1. The maximum absolute atomic E-state index is 12.7. The van der Waals surface area contributed by atoms with Crippen LogP contribution in [0.25, 0.3) is 0 Å². The molecule has 142 valence electrons. The zero-order valence-electron chi connectivity index (χ0n) is 15.7. The SMILES string of the molecule is O=C(CN1CCc2sccc2C1C1CC1)Nc1ccc(N2CCCC2)cc1. The molecule has 2 fully saturated rings. The number of thiophene rings is 1. The summed E-state index contributed by atoms with van der Waals surface area (Å²) >= 11 is 1.88. The molecule has 1 amide bonds. The van der Waals surface area contributed by atoms with E-state index in [1.807, 2.05) is 23.5 Å². The lowest BCUT2D eigenvalue weighted by molar-refractivity contribution is -0.118. The number of carbonyl (C=O) groups is 1. The van der Waals surface area contributed by atoms with Crippen LogP contribution in [0.4, 0.5) is 11.4 Å². The molecule has 1 aliphatic carbocycles. The van der Waals surface area contributed by atoms with E-state index in [0.29, 0.717) is 12.6 Å². The smallest absolute Gasteiger partial charge is 0.238 e. The van der Waals surface area contributed by atoms with Crippen molar-refractivity contribution in [2.24, 2.45) is 5.92 Å². The van der Waals surface area contributed by atoms with Gasteiger partial charge in [-0.2, -0.15) is 0 Å². The van der Waals surface area contributed by atoms with Crippen LogP contribution in [-0.4, -0.2) is 37.0 Å². The van der Waals surface area contributed by atoms with Crippen molar-refractivity contribution in [3.8, 4) is 0 Å². The molecule has 3 heterocycles. The van der Waals surface area contributed by atoms with Gasteiger partial charge in [0.2, 0.25) is 5.91 Å². The van der Waals surface area contributed by atoms with E-state index in [4.69, 9.17) is 0 Å². The van der Waals surface area contributed by atoms with Crippen molar-refractivity contribution in [3.05, 3.63) is 46.2 Å². The van der Waals surface area contributed by atoms with Gasteiger partial charge in [0.25, 0.3) is 0 Å². The van der Waals surface area contributed by atoms with Crippen LogP contribution in [-0.2, 0) is 11.2 Å². The van der Waals surface area contributed by atoms with Gasteiger partial charge >= 0.3 is 0 Å². The summed E-state index contributed by atoms with van der Waals surface area (Å²) in [6.45, 7) is 3.78. The van der Waals surface area contributed by atoms with Crippen molar-refractivity contribution in [2.75, 3.05) is 36.4 Å². The minimum Gasteiger partial charge on any atom is -0.372 e. The Balaban J connectivity index is 1.23. The van der Waals surface area contributed by atoms with Crippen LogP contribution >= 0.6 is 11.3 Å². The summed E-state index contributed by atoms with van der Waals surface area (Å²) < 4.78 is 0. The van der Waals surface area contributed by atoms with Crippen LogP contribution in [0.15, 0.2) is 35.7 Å². The topological polar surface area (TPSA) is 35.6 Å². The third-order valence-electron chi connectivity index (χ3n) is 6.16. The molecule has 5 heteroatoms. The number of hydrogen-bond donors (Lipinski definition) is 1. The average Bonchev–Trinajstić information content (AvgIpc) is 3.17. The maximum Gasteiger partial charge on any atom is 0.238 e. The second-order valence-electron chi connectivity index (χ2n) is 8.09. The van der Waals surface area contributed by atoms with E-state index in [2.05, 4.69) is 38.7 Å². The predicted molar refractivity (Wildman–Crippen MR) is 112 cm³/mol. The number of hydrogen-bond acceptors (Lipinski definition) is 4. The Morgan fingerprint density at radius 1 is 1.07 bits per heavy atom. The highest BCUT2D eigenvalue weighted by molar-refractivity contribution is 7.10. The molecule has 1 atom stereocenters. The summed E-state index contributed by atoms with van der Waals surface area (Å²) in [5, 5.41) is 5.32. The van der Waals surface area contributed by atoms with Crippen LogP contribution in [0, 0.1) is 5.92 Å². The van der Waals surface area contributed by atoms with E-state index in [0.717, 1.165) is 37.7 Å². The average molecular weight is 382 g/mol. The van der Waals surface area contributed by atoms with Crippen LogP contribution in [0.5, 0.6) is 0 Å². The van der Waals surface area contributed by atoms with Crippen LogP contribution in [0.2, 0.25) is 0 Å². The van der Waals surface area contributed by atoms with Gasteiger partial charge in [0.1, 0.15) is 0 Å². The fourth-order valence-electron chi connectivity index (χ4n) is 4.66. The van der Waals surface area contributed by atoms with Crippen molar-refractivity contribution in [1.29, 1.82) is 0 Å². The molecule has 5 rings (SSSR count). The molecule has 3 aliphatic rings. The number of anilines is 2. The first kappa shape index (κ1) is 17.3. The van der Waals surface area contributed by atoms with Crippen molar-refractivity contribution < 1.29 is 4.79 Å². The van der Waals surface area contributed by atoms with E-state index in [1.54, 1.807) is 0 Å². The predicted octanol–water partition coefficient (Wildman–Crippen LogP) is 4.30. The van der Waals surface area contributed by atoms with Gasteiger partial charge in [0.05, 0.1) is 6.54 Å². The van der Waals surface area contributed by atoms with E-state index in [1.165, 1.54) is 41.8 Å². The van der Waals surface area contributed by atoms with Gasteiger partial charge in [-0.3, -0.25) is 9.69 Å². The first-order chi connectivity index (χ1) is 13.3. The van der Waals surface area contributed by atoms with Crippen LogP contribution in [0.3, 0.4) is 0 Å². The quantitative estimate of drug-likeness (QED) is 0.839. The number of carbonyl (C=O) groups excluding carboxylic acids is 1. The molecule has 1 N–H and O–H groups in total. The van der Waals surface area contributed by atoms with Crippen molar-refractivity contribution >= 4 is 28.6 Å². The molecular weight excluding hydrogens is 354 g/mol. The minimum absolute atomic E-state index is 0.105. The maximum atomic E-state index is 12.7. The Bertz CT molecular complexity index is 805. The first-order valence-electron chi connectivity index (χ1n) is 10.2. The monoisotopic (exact) mass is 381 g/mol. The fourth-order valence-corrected chi connectivity index (χ4v) is 5.57. The number of nitrogens with one attached hydrogen (secondary N) is 1. The molecule has 1 aromatic carbocycles. The Hall–Kier alpha value is -1.85. The molecule has 1 unspecified atom stereocenters. The third kappa shape index (κ3) is 3.63. The third-order valence-corrected chi connectivity index (χ3v) is 7.15. The van der Waals surface area contributed by atoms with E-state index >= 15 is 0 Å². The molecule has 0 radical (unpaired) electrons. The number of amides is 1. The van der Waals surface area contributed by atoms with Gasteiger partial charge in [-0.15, -0.1) is 11.3 Å². The van der Waals surface area contributed by atoms with E-state index in [-0.39, 0.29) is 5.91 Å². The Labute approximate surface area is 165 Å². The second kappa shape index (κ2) is 7.28. The summed E-state index contributed by atoms with van der Waals surface area (Å²) in [4.78, 5) is 19.0. The Morgan fingerprint density at radius 3 is 2.59 bits per heavy atom. The highest BCUT2D eigenvalue weighted by Gasteiger charge is 2.40. The van der Waals surface area contributed by atoms with Gasteiger partial charge in [-0.1, -0.05) is 0 Å². The Kier molecular flexibility index (Phi) is 4.66. The summed E-state index contributed by atoms with van der Waals surface area (Å²) in [5.74, 6) is 0.847. The largest absolute Gasteiger partial charge is 0.372 e. The minimum atomic E-state index is 0.105. The van der Waals surface area contributed by atoms with E-state index in [9.17, 15) is 4.79 Å². The van der Waals surface area contributed by atoms with Gasteiger partial charge in [-0.05, 0) is 79.3 Å². The van der Waals surface area contributed by atoms with Gasteiger partial charge in [0.15, 0.2) is 0 Å². The number of rotatable bonds is 5. The van der Waals surface area contributed by atoms with Gasteiger partial charge in [0, 0.05) is 41.9 Å². The number of nitrogens with zero attached hydrogens (tertiary/aromatic N) is 2. The number of benzene rings is 1. The van der Waals surface area contributed by atoms with Crippen molar-refractivity contribution in [2.45, 2.75) is 38.1 Å². The molecule has 2 aliphatic heterocycles. The van der Waals surface area contributed by atoms with E-state index < -0.39 is 0 Å². The summed E-state index contributed by atoms with van der Waals surface area (Å²) in [6, 6.07) is 11.1. The molecule has 1 saturated carbocycles. The zero-order chi connectivity index (χ0) is 18.2. The molecule has 2 aromatic rings. The van der Waals surface area contributed by atoms with Crippen molar-refractivity contribution in [1.82, 2.24) is 4.90 Å². The Morgan fingerprint density at radius 2 is 1.85 bits per heavy atom. The van der Waals surface area contributed by atoms with Crippen molar-refractivity contribution in [3.63, 3.8) is 0 Å². The van der Waals surface area contributed by atoms with Gasteiger partial charge in [-0.25, -0.2) is 0 Å². The normalized spacial score (nSPS) is 22.7. The highest BCUT2D eigenvalue weighted by atomic mass is 32.1. The summed E-state index contributed by atoms with van der Waals surface area (Å²) in [5.41, 5.74) is 3.65. The van der Waals surface area contributed by atoms with Gasteiger partial charge < -0.3 is 10.2 Å². The standard InChI is InChI=1S/C22H27N3OS/c26-21(23-17-5-7-18(8-6-17)24-11-1-2-12-24)15-25-13-9-20-19(10-14-27-20)22(25)16-3-4-16/h5-8,10,14,16,22H,1-4,9,11-13,15H2,(H,23,26). The summed E-state index contributed by atoms with van der Waals surface area (Å²) in [7, 11) is 0. The summed E-state index contributed by atoms with van der Waals surface area (Å²) in [6.07, 6.45) is 6.24. The highest BCUT2D eigenvalue weighted by Crippen LogP contribution is 2.48. The fraction of sp³-hybridized carbons (Fsp3) is 0.500. The number of fused-ring (bicyclic) bond motifs is 1. The lowest BCUT2D eigenvalue weighted by atomic mass is 9.96. The molecule has 0 bridgehead atoms. The second-order valence-corrected chi connectivity index (χ2v) is 9.09. The molecule has 4 nitrogen and oxygen atoms in total. The lowest BCUT2D eigenvalue weighted by Gasteiger charge is -2.35. The van der Waals surface area contributed by atoms with Crippen LogP contribution < -0.4 is 10.2 Å². The molecular formula is C22H27N3OS. The lowest BCUT2D eigenvalue weighted by Crippen LogP contribution is -2.41. The van der Waals surface area contributed by atoms with Crippen LogP contribution in [0.1, 0.15) is 42.2 Å².